The van der Waals surface area contributed by atoms with Crippen LogP contribution in [0.5, 0.6) is 0 Å². The number of thioether (sulfide) groups is 1. The van der Waals surface area contributed by atoms with E-state index in [9.17, 15) is 4.79 Å². The van der Waals surface area contributed by atoms with Gasteiger partial charge in [-0.1, -0.05) is 18.2 Å². The van der Waals surface area contributed by atoms with Crippen LogP contribution in [0.3, 0.4) is 0 Å². The van der Waals surface area contributed by atoms with Crippen molar-refractivity contribution in [1.82, 2.24) is 10.3 Å². The number of hydrogen-bond donors (Lipinski definition) is 1. The summed E-state index contributed by atoms with van der Waals surface area (Å²) in [7, 11) is 0. The number of aromatic nitrogens is 1. The van der Waals surface area contributed by atoms with Crippen molar-refractivity contribution in [2.45, 2.75) is 32.9 Å². The molecule has 0 fully saturated rings. The van der Waals surface area contributed by atoms with Crippen LogP contribution in [-0.2, 0) is 15.3 Å². The lowest BCUT2D eigenvalue weighted by Gasteiger charge is -2.04. The first-order valence-corrected chi connectivity index (χ1v) is 9.71. The Labute approximate surface area is 153 Å². The van der Waals surface area contributed by atoms with E-state index in [0.717, 1.165) is 29.0 Å². The van der Waals surface area contributed by atoms with Gasteiger partial charge in [0.15, 0.2) is 0 Å². The number of hydrogen-bond acceptors (Lipinski definition) is 5. The molecule has 25 heavy (non-hydrogen) atoms. The van der Waals surface area contributed by atoms with Gasteiger partial charge in [-0.15, -0.1) is 11.8 Å². The zero-order valence-electron chi connectivity index (χ0n) is 15.1. The summed E-state index contributed by atoms with van der Waals surface area (Å²) in [5.41, 5.74) is 3.04. The number of nitrogens with one attached hydrogen (secondary N) is 1. The highest BCUT2D eigenvalue weighted by molar-refractivity contribution is 7.99. The Kier molecular flexibility index (Phi) is 8.01. The van der Waals surface area contributed by atoms with Crippen LogP contribution in [0.15, 0.2) is 28.7 Å². The van der Waals surface area contributed by atoms with Gasteiger partial charge >= 0.3 is 0 Å². The molecule has 2 aromatic rings. The molecule has 0 aliphatic carbocycles. The summed E-state index contributed by atoms with van der Waals surface area (Å²) in [5.74, 6) is 2.57. The number of nitrogens with zero attached hydrogens (tertiary/aromatic N) is 1. The second-order valence-corrected chi connectivity index (χ2v) is 6.72. The van der Waals surface area contributed by atoms with Crippen LogP contribution in [0.4, 0.5) is 0 Å². The number of oxazole rings is 1. The van der Waals surface area contributed by atoms with Gasteiger partial charge in [-0.2, -0.15) is 0 Å². The fourth-order valence-electron chi connectivity index (χ4n) is 2.33. The van der Waals surface area contributed by atoms with Crippen molar-refractivity contribution in [3.05, 3.63) is 41.3 Å². The Morgan fingerprint density at radius 1 is 1.32 bits per heavy atom. The lowest BCUT2D eigenvalue weighted by atomic mass is 10.1. The maximum atomic E-state index is 11.8. The first kappa shape index (κ1) is 19.5. The number of carbonyl (C=O) groups is 1. The van der Waals surface area contributed by atoms with E-state index in [1.165, 1.54) is 0 Å². The monoisotopic (exact) mass is 362 g/mol. The van der Waals surface area contributed by atoms with Gasteiger partial charge in [-0.05, 0) is 38.8 Å². The third-order valence-electron chi connectivity index (χ3n) is 3.73. The summed E-state index contributed by atoms with van der Waals surface area (Å²) in [5, 5.41) is 2.90. The van der Waals surface area contributed by atoms with E-state index >= 15 is 0 Å². The number of aryl methyl sites for hydroxylation is 2. The molecule has 2 rings (SSSR count). The van der Waals surface area contributed by atoms with E-state index in [1.807, 2.05) is 45.0 Å². The van der Waals surface area contributed by atoms with E-state index in [2.05, 4.69) is 10.3 Å². The standard InChI is InChI=1S/C19H26N2O3S/c1-4-23-11-7-10-20-18(22)13-25-12-17-15(3)24-19(21-17)16-9-6-5-8-14(16)2/h5-6,8-9H,4,7,10-13H2,1-3H3,(H,20,22). The van der Waals surface area contributed by atoms with Gasteiger partial charge in [0, 0.05) is 31.1 Å². The Bertz CT molecular complexity index is 685. The Morgan fingerprint density at radius 3 is 2.88 bits per heavy atom. The van der Waals surface area contributed by atoms with Crippen LogP contribution in [0, 0.1) is 13.8 Å². The molecule has 0 radical (unpaired) electrons. The van der Waals surface area contributed by atoms with Crippen molar-refractivity contribution in [1.29, 1.82) is 0 Å². The maximum absolute atomic E-state index is 11.8. The Balaban J connectivity index is 1.78. The summed E-state index contributed by atoms with van der Waals surface area (Å²) in [4.78, 5) is 16.4. The van der Waals surface area contributed by atoms with Gasteiger partial charge in [0.05, 0.1) is 11.4 Å². The van der Waals surface area contributed by atoms with Crippen molar-refractivity contribution >= 4 is 17.7 Å². The number of rotatable bonds is 10. The predicted molar refractivity (Wildman–Crippen MR) is 102 cm³/mol. The SMILES string of the molecule is CCOCCCNC(=O)CSCc1nc(-c2ccccc2C)oc1C. The normalized spacial score (nSPS) is 10.8. The van der Waals surface area contributed by atoms with E-state index in [-0.39, 0.29) is 5.91 Å². The number of benzene rings is 1. The van der Waals surface area contributed by atoms with Crippen LogP contribution in [0.25, 0.3) is 11.5 Å². The van der Waals surface area contributed by atoms with E-state index in [4.69, 9.17) is 9.15 Å². The van der Waals surface area contributed by atoms with Crippen molar-refractivity contribution in [2.75, 3.05) is 25.5 Å². The van der Waals surface area contributed by atoms with Crippen molar-refractivity contribution in [2.24, 2.45) is 0 Å². The minimum absolute atomic E-state index is 0.0433. The highest BCUT2D eigenvalue weighted by atomic mass is 32.2. The molecule has 0 aliphatic heterocycles. The van der Waals surface area contributed by atoms with E-state index < -0.39 is 0 Å². The first-order chi connectivity index (χ1) is 12.1. The molecular formula is C19H26N2O3S. The molecule has 1 amide bonds. The second kappa shape index (κ2) is 10.3. The lowest BCUT2D eigenvalue weighted by molar-refractivity contribution is -0.118. The van der Waals surface area contributed by atoms with Crippen LogP contribution < -0.4 is 5.32 Å². The van der Waals surface area contributed by atoms with Gasteiger partial charge in [0.1, 0.15) is 5.76 Å². The zero-order chi connectivity index (χ0) is 18.1. The molecule has 1 aromatic heterocycles. The summed E-state index contributed by atoms with van der Waals surface area (Å²) < 4.78 is 11.0. The maximum Gasteiger partial charge on any atom is 0.230 e. The average Bonchev–Trinajstić information content (AvgIpc) is 2.96. The lowest BCUT2D eigenvalue weighted by Crippen LogP contribution is -2.27. The minimum atomic E-state index is 0.0433. The van der Waals surface area contributed by atoms with Gasteiger partial charge < -0.3 is 14.5 Å². The van der Waals surface area contributed by atoms with Gasteiger partial charge in [-0.3, -0.25) is 4.79 Å². The van der Waals surface area contributed by atoms with Crippen molar-refractivity contribution in [3.63, 3.8) is 0 Å². The molecule has 0 unspecified atom stereocenters. The highest BCUT2D eigenvalue weighted by Crippen LogP contribution is 2.26. The molecule has 1 heterocycles. The van der Waals surface area contributed by atoms with Crippen LogP contribution in [0.2, 0.25) is 0 Å². The third kappa shape index (κ3) is 6.21. The van der Waals surface area contributed by atoms with Crippen molar-refractivity contribution in [3.8, 4) is 11.5 Å². The van der Waals surface area contributed by atoms with Crippen LogP contribution in [0.1, 0.15) is 30.4 Å². The molecule has 1 aromatic carbocycles. The molecular weight excluding hydrogens is 336 g/mol. The van der Waals surface area contributed by atoms with Gasteiger partial charge in [-0.25, -0.2) is 4.98 Å². The summed E-state index contributed by atoms with van der Waals surface area (Å²) in [6.45, 7) is 7.97. The molecule has 5 nitrogen and oxygen atoms in total. The first-order valence-electron chi connectivity index (χ1n) is 8.56. The molecule has 0 bridgehead atoms. The average molecular weight is 362 g/mol. The number of amides is 1. The molecule has 0 spiro atoms. The molecule has 1 N–H and O–H groups in total. The molecule has 0 saturated carbocycles. The van der Waals surface area contributed by atoms with Crippen LogP contribution in [-0.4, -0.2) is 36.4 Å². The quantitative estimate of drug-likeness (QED) is 0.652. The third-order valence-corrected chi connectivity index (χ3v) is 4.68. The van der Waals surface area contributed by atoms with Gasteiger partial charge in [0.25, 0.3) is 0 Å². The Hall–Kier alpha value is -1.79. The van der Waals surface area contributed by atoms with Gasteiger partial charge in [0.2, 0.25) is 11.8 Å². The smallest absolute Gasteiger partial charge is 0.230 e. The highest BCUT2D eigenvalue weighted by Gasteiger charge is 2.13. The molecule has 0 atom stereocenters. The van der Waals surface area contributed by atoms with Crippen molar-refractivity contribution < 1.29 is 13.9 Å². The predicted octanol–water partition coefficient (Wildman–Crippen LogP) is 3.73. The number of carbonyl (C=O) groups excluding carboxylic acids is 1. The summed E-state index contributed by atoms with van der Waals surface area (Å²) in [6, 6.07) is 8.02. The fourth-order valence-corrected chi connectivity index (χ4v) is 3.18. The van der Waals surface area contributed by atoms with E-state index in [1.54, 1.807) is 11.8 Å². The molecule has 136 valence electrons. The zero-order valence-corrected chi connectivity index (χ0v) is 15.9. The fraction of sp³-hybridized carbons (Fsp3) is 0.474. The Morgan fingerprint density at radius 2 is 2.12 bits per heavy atom. The molecule has 0 saturated heterocycles. The largest absolute Gasteiger partial charge is 0.441 e. The number of ether oxygens (including phenoxy) is 1. The second-order valence-electron chi connectivity index (χ2n) is 5.73. The summed E-state index contributed by atoms with van der Waals surface area (Å²) in [6.07, 6.45) is 0.840. The molecule has 0 aliphatic rings. The molecule has 6 heteroatoms. The summed E-state index contributed by atoms with van der Waals surface area (Å²) >= 11 is 1.54. The minimum Gasteiger partial charge on any atom is -0.441 e. The van der Waals surface area contributed by atoms with E-state index in [0.29, 0.717) is 37.2 Å². The topological polar surface area (TPSA) is 64.4 Å². The van der Waals surface area contributed by atoms with Crippen LogP contribution >= 0.6 is 11.8 Å².